The summed E-state index contributed by atoms with van der Waals surface area (Å²) in [5, 5.41) is 3.43. The highest BCUT2D eigenvalue weighted by Crippen LogP contribution is 2.27. The number of nitrogens with one attached hydrogen (secondary N) is 1. The molecule has 1 aliphatic heterocycles. The van der Waals surface area contributed by atoms with Crippen molar-refractivity contribution >= 4 is 23.4 Å². The fourth-order valence-corrected chi connectivity index (χ4v) is 3.97. The minimum absolute atomic E-state index is 0.118. The van der Waals surface area contributed by atoms with Gasteiger partial charge in [-0.05, 0) is 36.3 Å². The van der Waals surface area contributed by atoms with E-state index in [2.05, 4.69) is 24.1 Å². The number of fused-ring (bicyclic) bond motifs is 1. The quantitative estimate of drug-likeness (QED) is 0.757. The van der Waals surface area contributed by atoms with Crippen LogP contribution < -0.4 is 5.32 Å². The van der Waals surface area contributed by atoms with Gasteiger partial charge in [0.25, 0.3) is 5.91 Å². The lowest BCUT2D eigenvalue weighted by Gasteiger charge is -2.36. The van der Waals surface area contributed by atoms with E-state index in [4.69, 9.17) is 11.6 Å². The molecule has 0 saturated carbocycles. The molecule has 1 aliphatic rings. The van der Waals surface area contributed by atoms with Crippen LogP contribution in [-0.2, 0) is 17.8 Å². The summed E-state index contributed by atoms with van der Waals surface area (Å²) in [5.41, 5.74) is 2.61. The molecule has 29 heavy (non-hydrogen) atoms. The predicted octanol–water partition coefficient (Wildman–Crippen LogP) is 3.37. The molecule has 0 radical (unpaired) electrons. The standard InChI is InChI=1S/C23H28ClN3O2/c1-3-26(4-2)14-13-25-22(28)21-15-17-9-5-6-10-18(17)16-27(21)23(29)19-11-7-8-12-20(19)24/h5-12,21H,3-4,13-16H2,1-2H3,(H,25,28). The summed E-state index contributed by atoms with van der Waals surface area (Å²) in [6.07, 6.45) is 0.503. The number of amides is 2. The van der Waals surface area contributed by atoms with E-state index < -0.39 is 6.04 Å². The normalized spacial score (nSPS) is 15.9. The minimum atomic E-state index is -0.551. The van der Waals surface area contributed by atoms with Gasteiger partial charge in [0.1, 0.15) is 6.04 Å². The van der Waals surface area contributed by atoms with Gasteiger partial charge in [0.15, 0.2) is 0 Å². The summed E-state index contributed by atoms with van der Waals surface area (Å²) in [7, 11) is 0. The van der Waals surface area contributed by atoms with Crippen LogP contribution >= 0.6 is 11.6 Å². The number of rotatable bonds is 7. The Morgan fingerprint density at radius 2 is 1.72 bits per heavy atom. The number of benzene rings is 2. The first-order valence-electron chi connectivity index (χ1n) is 10.2. The summed E-state index contributed by atoms with van der Waals surface area (Å²) in [6, 6.07) is 14.4. The first kappa shape index (κ1) is 21.3. The van der Waals surface area contributed by atoms with Crippen LogP contribution in [0.15, 0.2) is 48.5 Å². The Kier molecular flexibility index (Phi) is 7.29. The number of carbonyl (C=O) groups is 2. The van der Waals surface area contributed by atoms with Crippen LogP contribution in [0.2, 0.25) is 5.02 Å². The Hall–Kier alpha value is -2.37. The molecule has 0 fully saturated rings. The number of hydrogen-bond acceptors (Lipinski definition) is 3. The van der Waals surface area contributed by atoms with Crippen molar-refractivity contribution in [1.82, 2.24) is 15.1 Å². The number of hydrogen-bond donors (Lipinski definition) is 1. The molecular weight excluding hydrogens is 386 g/mol. The van der Waals surface area contributed by atoms with Gasteiger partial charge in [-0.15, -0.1) is 0 Å². The molecule has 0 aromatic heterocycles. The van der Waals surface area contributed by atoms with Gasteiger partial charge in [-0.2, -0.15) is 0 Å². The predicted molar refractivity (Wildman–Crippen MR) is 116 cm³/mol. The van der Waals surface area contributed by atoms with Crippen LogP contribution in [0.3, 0.4) is 0 Å². The molecule has 1 N–H and O–H groups in total. The maximum Gasteiger partial charge on any atom is 0.256 e. The summed E-state index contributed by atoms with van der Waals surface area (Å²) in [4.78, 5) is 30.2. The van der Waals surface area contributed by atoms with Crippen molar-refractivity contribution in [3.8, 4) is 0 Å². The van der Waals surface area contributed by atoms with Crippen molar-refractivity contribution in [3.05, 3.63) is 70.2 Å². The highest BCUT2D eigenvalue weighted by atomic mass is 35.5. The summed E-state index contributed by atoms with van der Waals surface area (Å²) in [6.45, 7) is 7.85. The van der Waals surface area contributed by atoms with E-state index in [1.807, 2.05) is 24.3 Å². The summed E-state index contributed by atoms with van der Waals surface area (Å²) in [5.74, 6) is -0.332. The Labute approximate surface area is 177 Å². The number of carbonyl (C=O) groups excluding carboxylic acids is 2. The van der Waals surface area contributed by atoms with Crippen molar-refractivity contribution < 1.29 is 9.59 Å². The van der Waals surface area contributed by atoms with Crippen molar-refractivity contribution in [3.63, 3.8) is 0 Å². The van der Waals surface area contributed by atoms with Gasteiger partial charge in [0.2, 0.25) is 5.91 Å². The molecule has 2 aromatic carbocycles. The van der Waals surface area contributed by atoms with Gasteiger partial charge in [-0.1, -0.05) is 61.8 Å². The molecule has 5 nitrogen and oxygen atoms in total. The fraction of sp³-hybridized carbons (Fsp3) is 0.391. The van der Waals surface area contributed by atoms with Crippen LogP contribution in [0.25, 0.3) is 0 Å². The van der Waals surface area contributed by atoms with Gasteiger partial charge in [0.05, 0.1) is 10.6 Å². The second kappa shape index (κ2) is 9.90. The minimum Gasteiger partial charge on any atom is -0.353 e. The lowest BCUT2D eigenvalue weighted by atomic mass is 9.92. The Morgan fingerprint density at radius 1 is 1.07 bits per heavy atom. The first-order valence-corrected chi connectivity index (χ1v) is 10.5. The molecule has 0 bridgehead atoms. The van der Waals surface area contributed by atoms with Gasteiger partial charge >= 0.3 is 0 Å². The lowest BCUT2D eigenvalue weighted by Crippen LogP contribution is -2.53. The smallest absolute Gasteiger partial charge is 0.256 e. The maximum absolute atomic E-state index is 13.3. The van der Waals surface area contributed by atoms with Gasteiger partial charge in [0, 0.05) is 26.1 Å². The van der Waals surface area contributed by atoms with Gasteiger partial charge in [-0.3, -0.25) is 9.59 Å². The van der Waals surface area contributed by atoms with Crippen LogP contribution in [0, 0.1) is 0 Å². The fourth-order valence-electron chi connectivity index (χ4n) is 3.75. The lowest BCUT2D eigenvalue weighted by molar-refractivity contribution is -0.126. The Bertz CT molecular complexity index is 867. The van der Waals surface area contributed by atoms with Crippen molar-refractivity contribution in [2.45, 2.75) is 32.9 Å². The highest BCUT2D eigenvalue weighted by molar-refractivity contribution is 6.33. The van der Waals surface area contributed by atoms with E-state index in [1.54, 1.807) is 29.2 Å². The van der Waals surface area contributed by atoms with Crippen LogP contribution in [-0.4, -0.2) is 53.8 Å². The van der Waals surface area contributed by atoms with E-state index in [-0.39, 0.29) is 11.8 Å². The average Bonchev–Trinajstić information content (AvgIpc) is 2.75. The number of likely N-dealkylation sites (N-methyl/N-ethyl adjacent to an activating group) is 1. The third-order valence-electron chi connectivity index (χ3n) is 5.54. The van der Waals surface area contributed by atoms with Crippen LogP contribution in [0.5, 0.6) is 0 Å². The molecule has 0 saturated heterocycles. The second-order valence-corrected chi connectivity index (χ2v) is 7.63. The zero-order valence-electron chi connectivity index (χ0n) is 17.0. The Morgan fingerprint density at radius 3 is 2.41 bits per heavy atom. The molecule has 1 heterocycles. The topological polar surface area (TPSA) is 52.7 Å². The summed E-state index contributed by atoms with van der Waals surface area (Å²) >= 11 is 6.26. The maximum atomic E-state index is 13.3. The molecule has 154 valence electrons. The summed E-state index contributed by atoms with van der Waals surface area (Å²) < 4.78 is 0. The molecule has 1 atom stereocenters. The van der Waals surface area contributed by atoms with Crippen molar-refractivity contribution in [1.29, 1.82) is 0 Å². The van der Waals surface area contributed by atoms with E-state index >= 15 is 0 Å². The highest BCUT2D eigenvalue weighted by Gasteiger charge is 2.35. The van der Waals surface area contributed by atoms with Gasteiger partial charge < -0.3 is 15.1 Å². The van der Waals surface area contributed by atoms with Crippen LogP contribution in [0.1, 0.15) is 35.3 Å². The third kappa shape index (κ3) is 4.98. The SMILES string of the molecule is CCN(CC)CCNC(=O)C1Cc2ccccc2CN1C(=O)c1ccccc1Cl. The van der Waals surface area contributed by atoms with Crippen molar-refractivity contribution in [2.75, 3.05) is 26.2 Å². The first-order chi connectivity index (χ1) is 14.0. The van der Waals surface area contributed by atoms with E-state index in [0.717, 1.165) is 30.8 Å². The molecule has 0 aliphatic carbocycles. The van der Waals surface area contributed by atoms with E-state index in [0.29, 0.717) is 30.1 Å². The molecule has 0 spiro atoms. The van der Waals surface area contributed by atoms with E-state index in [9.17, 15) is 9.59 Å². The molecule has 2 amide bonds. The largest absolute Gasteiger partial charge is 0.353 e. The van der Waals surface area contributed by atoms with E-state index in [1.165, 1.54) is 0 Å². The van der Waals surface area contributed by atoms with Gasteiger partial charge in [-0.25, -0.2) is 0 Å². The average molecular weight is 414 g/mol. The molecular formula is C23H28ClN3O2. The molecule has 2 aromatic rings. The number of halogens is 1. The zero-order valence-corrected chi connectivity index (χ0v) is 17.8. The molecule has 6 heteroatoms. The van der Waals surface area contributed by atoms with Crippen molar-refractivity contribution in [2.24, 2.45) is 0 Å². The monoisotopic (exact) mass is 413 g/mol. The second-order valence-electron chi connectivity index (χ2n) is 7.22. The van der Waals surface area contributed by atoms with Crippen LogP contribution in [0.4, 0.5) is 0 Å². The molecule has 1 unspecified atom stereocenters. The third-order valence-corrected chi connectivity index (χ3v) is 5.87. The number of nitrogens with zero attached hydrogens (tertiary/aromatic N) is 2. The molecule has 3 rings (SSSR count). The Balaban J connectivity index is 1.81. The zero-order chi connectivity index (χ0) is 20.8.